The molecule has 2 fully saturated rings. The van der Waals surface area contributed by atoms with E-state index >= 15 is 0 Å². The van der Waals surface area contributed by atoms with E-state index in [0.29, 0.717) is 0 Å². The van der Waals surface area contributed by atoms with Gasteiger partial charge in [-0.1, -0.05) is 13.8 Å². The maximum absolute atomic E-state index is 5.38. The van der Waals surface area contributed by atoms with Crippen molar-refractivity contribution in [3.8, 4) is 0 Å². The summed E-state index contributed by atoms with van der Waals surface area (Å²) >= 11 is 0. The Morgan fingerprint density at radius 1 is 0.929 bits per heavy atom. The molecule has 0 aromatic carbocycles. The van der Waals surface area contributed by atoms with E-state index in [4.69, 9.17) is 4.74 Å². The minimum Gasteiger partial charge on any atom is -0.381 e. The van der Waals surface area contributed by atoms with Crippen molar-refractivity contribution in [3.63, 3.8) is 0 Å². The molecule has 1 aliphatic heterocycles. The highest BCUT2D eigenvalue weighted by Crippen LogP contribution is 2.31. The van der Waals surface area contributed by atoms with Gasteiger partial charge in [0.05, 0.1) is 0 Å². The van der Waals surface area contributed by atoms with Gasteiger partial charge in [0, 0.05) is 25.3 Å². The summed E-state index contributed by atoms with van der Waals surface area (Å²) in [6.45, 7) is 6.68. The van der Waals surface area contributed by atoms with Gasteiger partial charge in [-0.2, -0.15) is 0 Å². The van der Waals surface area contributed by atoms with Gasteiger partial charge in [0.2, 0.25) is 0 Å². The third-order valence-corrected chi connectivity index (χ3v) is 3.95. The molecule has 0 aromatic rings. The van der Waals surface area contributed by atoms with Gasteiger partial charge in [0.15, 0.2) is 0 Å². The van der Waals surface area contributed by atoms with Crippen LogP contribution in [0.25, 0.3) is 0 Å². The smallest absolute Gasteiger partial charge is 0.0480 e. The Balaban J connectivity index is 1.82. The molecular formula is C12H23NO. The Morgan fingerprint density at radius 2 is 1.50 bits per heavy atom. The Kier molecular flexibility index (Phi) is 3.45. The number of ether oxygens (including phenoxy) is 1. The van der Waals surface area contributed by atoms with E-state index in [2.05, 4.69) is 19.2 Å². The first kappa shape index (κ1) is 10.4. The first-order chi connectivity index (χ1) is 6.77. The van der Waals surface area contributed by atoms with E-state index in [-0.39, 0.29) is 0 Å². The van der Waals surface area contributed by atoms with E-state index in [1.165, 1.54) is 25.7 Å². The standard InChI is InChI=1S/C12H23NO/c1-9-3-4-10(2)12(9)13-11-5-7-14-8-6-11/h9-13H,3-8H2,1-2H3. The van der Waals surface area contributed by atoms with Crippen LogP contribution >= 0.6 is 0 Å². The van der Waals surface area contributed by atoms with Gasteiger partial charge in [-0.05, 0) is 37.5 Å². The number of hydrogen-bond donors (Lipinski definition) is 1. The van der Waals surface area contributed by atoms with Crippen molar-refractivity contribution in [1.82, 2.24) is 5.32 Å². The SMILES string of the molecule is CC1CCC(C)C1NC1CCOCC1. The molecule has 0 bridgehead atoms. The maximum Gasteiger partial charge on any atom is 0.0480 e. The van der Waals surface area contributed by atoms with E-state index < -0.39 is 0 Å². The van der Waals surface area contributed by atoms with E-state index in [9.17, 15) is 0 Å². The summed E-state index contributed by atoms with van der Waals surface area (Å²) in [6.07, 6.45) is 5.22. The first-order valence-corrected chi connectivity index (χ1v) is 6.11. The average Bonchev–Trinajstić information content (AvgIpc) is 2.51. The molecule has 2 heteroatoms. The topological polar surface area (TPSA) is 21.3 Å². The van der Waals surface area contributed by atoms with Gasteiger partial charge in [0.25, 0.3) is 0 Å². The van der Waals surface area contributed by atoms with Gasteiger partial charge in [-0.15, -0.1) is 0 Å². The molecule has 0 amide bonds. The molecule has 2 rings (SSSR count). The molecule has 0 aromatic heterocycles. The normalized spacial score (nSPS) is 40.3. The Morgan fingerprint density at radius 3 is 2.07 bits per heavy atom. The lowest BCUT2D eigenvalue weighted by Crippen LogP contribution is -2.45. The van der Waals surface area contributed by atoms with Gasteiger partial charge < -0.3 is 10.1 Å². The molecule has 1 saturated heterocycles. The van der Waals surface area contributed by atoms with Crippen LogP contribution in [0.1, 0.15) is 39.5 Å². The zero-order valence-corrected chi connectivity index (χ0v) is 9.46. The lowest BCUT2D eigenvalue weighted by Gasteiger charge is -2.30. The summed E-state index contributed by atoms with van der Waals surface area (Å²) in [6, 6.07) is 1.48. The van der Waals surface area contributed by atoms with Gasteiger partial charge in [0.1, 0.15) is 0 Å². The van der Waals surface area contributed by atoms with Crippen molar-refractivity contribution >= 4 is 0 Å². The van der Waals surface area contributed by atoms with Crippen LogP contribution in [0.15, 0.2) is 0 Å². The first-order valence-electron chi connectivity index (χ1n) is 6.11. The minimum absolute atomic E-state index is 0.719. The summed E-state index contributed by atoms with van der Waals surface area (Å²) in [4.78, 5) is 0. The van der Waals surface area contributed by atoms with Gasteiger partial charge >= 0.3 is 0 Å². The van der Waals surface area contributed by atoms with E-state index in [1.54, 1.807) is 0 Å². The maximum atomic E-state index is 5.38. The minimum atomic E-state index is 0.719. The molecule has 0 radical (unpaired) electrons. The van der Waals surface area contributed by atoms with Crippen molar-refractivity contribution < 1.29 is 4.74 Å². The van der Waals surface area contributed by atoms with Crippen LogP contribution in [0.4, 0.5) is 0 Å². The molecule has 1 heterocycles. The van der Waals surface area contributed by atoms with Gasteiger partial charge in [-0.25, -0.2) is 0 Å². The van der Waals surface area contributed by atoms with Crippen LogP contribution in [0.5, 0.6) is 0 Å². The molecule has 82 valence electrons. The fraction of sp³-hybridized carbons (Fsp3) is 1.00. The van der Waals surface area contributed by atoms with Gasteiger partial charge in [-0.3, -0.25) is 0 Å². The predicted molar refractivity (Wildman–Crippen MR) is 58.3 cm³/mol. The molecule has 1 saturated carbocycles. The van der Waals surface area contributed by atoms with Crippen LogP contribution in [0.2, 0.25) is 0 Å². The highest BCUT2D eigenvalue weighted by molar-refractivity contribution is 4.88. The largest absolute Gasteiger partial charge is 0.381 e. The van der Waals surface area contributed by atoms with Crippen LogP contribution in [0, 0.1) is 11.8 Å². The number of nitrogens with one attached hydrogen (secondary N) is 1. The van der Waals surface area contributed by atoms with E-state index in [1.807, 2.05) is 0 Å². The highest BCUT2D eigenvalue weighted by atomic mass is 16.5. The van der Waals surface area contributed by atoms with Crippen LogP contribution in [0.3, 0.4) is 0 Å². The quantitative estimate of drug-likeness (QED) is 0.732. The number of hydrogen-bond acceptors (Lipinski definition) is 2. The zero-order valence-electron chi connectivity index (χ0n) is 9.46. The monoisotopic (exact) mass is 197 g/mol. The lowest BCUT2D eigenvalue weighted by atomic mass is 9.97. The molecule has 0 spiro atoms. The van der Waals surface area contributed by atoms with E-state index in [0.717, 1.165) is 37.1 Å². The predicted octanol–water partition coefficient (Wildman–Crippen LogP) is 2.19. The highest BCUT2D eigenvalue weighted by Gasteiger charge is 2.31. The summed E-state index contributed by atoms with van der Waals surface area (Å²) in [5.41, 5.74) is 0. The number of rotatable bonds is 2. The molecule has 1 aliphatic carbocycles. The molecule has 2 nitrogen and oxygen atoms in total. The zero-order chi connectivity index (χ0) is 9.97. The summed E-state index contributed by atoms with van der Waals surface area (Å²) in [5, 5.41) is 3.84. The average molecular weight is 197 g/mol. The molecule has 2 aliphatic rings. The molecule has 14 heavy (non-hydrogen) atoms. The Hall–Kier alpha value is -0.0800. The second kappa shape index (κ2) is 4.63. The summed E-state index contributed by atoms with van der Waals surface area (Å²) < 4.78 is 5.38. The third-order valence-electron chi connectivity index (χ3n) is 3.95. The van der Waals surface area contributed by atoms with Crippen LogP contribution in [-0.2, 0) is 4.74 Å². The Bertz CT molecular complexity index is 167. The fourth-order valence-electron chi connectivity index (χ4n) is 2.91. The molecule has 2 atom stereocenters. The van der Waals surface area contributed by atoms with Crippen molar-refractivity contribution in [3.05, 3.63) is 0 Å². The fourth-order valence-corrected chi connectivity index (χ4v) is 2.91. The Labute approximate surface area is 87.4 Å². The molecule has 1 N–H and O–H groups in total. The third kappa shape index (κ3) is 2.29. The summed E-state index contributed by atoms with van der Waals surface area (Å²) in [7, 11) is 0. The van der Waals surface area contributed by atoms with Crippen LogP contribution < -0.4 is 5.32 Å². The summed E-state index contributed by atoms with van der Waals surface area (Å²) in [5.74, 6) is 1.74. The van der Waals surface area contributed by atoms with Crippen molar-refractivity contribution in [2.75, 3.05) is 13.2 Å². The van der Waals surface area contributed by atoms with Crippen molar-refractivity contribution in [2.45, 2.75) is 51.6 Å². The molecular weight excluding hydrogens is 174 g/mol. The molecule has 2 unspecified atom stereocenters. The van der Waals surface area contributed by atoms with Crippen molar-refractivity contribution in [2.24, 2.45) is 11.8 Å². The second-order valence-electron chi connectivity index (χ2n) is 5.11. The second-order valence-corrected chi connectivity index (χ2v) is 5.11. The van der Waals surface area contributed by atoms with Crippen molar-refractivity contribution in [1.29, 1.82) is 0 Å². The van der Waals surface area contributed by atoms with Crippen LogP contribution in [-0.4, -0.2) is 25.3 Å². The lowest BCUT2D eigenvalue weighted by molar-refractivity contribution is 0.0718.